The maximum atomic E-state index is 15.0. The Kier molecular flexibility index (Phi) is 9.27. The number of benzene rings is 3. The van der Waals surface area contributed by atoms with Crippen LogP contribution < -0.4 is 4.74 Å². The SMILES string of the molecule is CCCCCC1CCC(COc2cc(F)c(-c3cc(F)c4c(F)c(C#CC(F)(F)F)c(F)cc4c3)c(F)c2)CC1. The lowest BCUT2D eigenvalue weighted by molar-refractivity contribution is -0.0696. The molecule has 0 unspecified atom stereocenters. The van der Waals surface area contributed by atoms with Crippen molar-refractivity contribution in [2.45, 2.75) is 64.5 Å². The van der Waals surface area contributed by atoms with Gasteiger partial charge in [0.05, 0.1) is 23.1 Å². The zero-order chi connectivity index (χ0) is 29.0. The van der Waals surface area contributed by atoms with Crippen molar-refractivity contribution in [2.24, 2.45) is 11.8 Å². The first-order valence-corrected chi connectivity index (χ1v) is 13.3. The zero-order valence-electron chi connectivity index (χ0n) is 21.8. The van der Waals surface area contributed by atoms with Crippen LogP contribution in [0.4, 0.5) is 35.1 Å². The minimum Gasteiger partial charge on any atom is -0.493 e. The summed E-state index contributed by atoms with van der Waals surface area (Å²) in [5, 5.41) is -1.29. The van der Waals surface area contributed by atoms with E-state index in [4.69, 9.17) is 4.74 Å². The smallest absolute Gasteiger partial charge is 0.458 e. The molecule has 0 amide bonds. The van der Waals surface area contributed by atoms with Crippen molar-refractivity contribution in [3.8, 4) is 28.7 Å². The summed E-state index contributed by atoms with van der Waals surface area (Å²) in [6.45, 7) is 2.48. The Bertz CT molecular complexity index is 1400. The van der Waals surface area contributed by atoms with Gasteiger partial charge in [-0.2, -0.15) is 13.2 Å². The average molecular weight is 569 g/mol. The van der Waals surface area contributed by atoms with E-state index < -0.39 is 57.2 Å². The van der Waals surface area contributed by atoms with Crippen molar-refractivity contribution in [1.82, 2.24) is 0 Å². The first-order valence-electron chi connectivity index (χ1n) is 13.3. The molecule has 1 aliphatic carbocycles. The van der Waals surface area contributed by atoms with Gasteiger partial charge in [0.25, 0.3) is 0 Å². The van der Waals surface area contributed by atoms with E-state index in [9.17, 15) is 26.3 Å². The summed E-state index contributed by atoms with van der Waals surface area (Å²) in [7, 11) is 0. The zero-order valence-corrected chi connectivity index (χ0v) is 21.8. The summed E-state index contributed by atoms with van der Waals surface area (Å²) < 4.78 is 117. The molecule has 40 heavy (non-hydrogen) atoms. The number of ether oxygens (including phenoxy) is 1. The standard InChI is InChI=1S/C31H28F8O/c1-2-3-4-5-18-6-8-19(9-7-18)17-40-22-15-26(34)28(27(35)16-22)20-12-21-13-24(32)23(10-11-31(37,38)39)30(36)29(21)25(33)14-20/h12-16,18-19H,2-9,17H2,1H3. The van der Waals surface area contributed by atoms with Gasteiger partial charge in [0.2, 0.25) is 0 Å². The quantitative estimate of drug-likeness (QED) is 0.149. The average Bonchev–Trinajstić information content (AvgIpc) is 2.87. The Hall–Kier alpha value is -3.28. The molecule has 0 radical (unpaired) electrons. The number of unbranched alkanes of at least 4 members (excludes halogenated alkanes) is 2. The molecule has 0 heterocycles. The summed E-state index contributed by atoms with van der Waals surface area (Å²) in [6.07, 6.45) is 4.02. The lowest BCUT2D eigenvalue weighted by Gasteiger charge is -2.28. The predicted molar refractivity (Wildman–Crippen MR) is 137 cm³/mol. The topological polar surface area (TPSA) is 9.23 Å². The fourth-order valence-electron chi connectivity index (χ4n) is 5.30. The van der Waals surface area contributed by atoms with Gasteiger partial charge < -0.3 is 4.74 Å². The number of alkyl halides is 3. The van der Waals surface area contributed by atoms with Gasteiger partial charge in [-0.1, -0.05) is 51.4 Å². The molecule has 0 N–H and O–H groups in total. The van der Waals surface area contributed by atoms with E-state index in [0.717, 1.165) is 49.8 Å². The Balaban J connectivity index is 1.52. The van der Waals surface area contributed by atoms with Crippen molar-refractivity contribution < 1.29 is 39.9 Å². The monoisotopic (exact) mass is 568 g/mol. The van der Waals surface area contributed by atoms with Crippen molar-refractivity contribution in [3.05, 3.63) is 65.0 Å². The van der Waals surface area contributed by atoms with Crippen molar-refractivity contribution in [2.75, 3.05) is 6.61 Å². The summed E-state index contributed by atoms with van der Waals surface area (Å²) in [5.41, 5.74) is -2.25. The normalized spacial score (nSPS) is 17.5. The molecule has 0 bridgehead atoms. The summed E-state index contributed by atoms with van der Waals surface area (Å²) >= 11 is 0. The molecular weight excluding hydrogens is 540 g/mol. The molecule has 0 saturated heterocycles. The second kappa shape index (κ2) is 12.5. The molecular formula is C31H28F8O. The van der Waals surface area contributed by atoms with Gasteiger partial charge in [-0.15, -0.1) is 0 Å². The third-order valence-corrected chi connectivity index (χ3v) is 7.38. The minimum atomic E-state index is -5.02. The fourth-order valence-corrected chi connectivity index (χ4v) is 5.30. The lowest BCUT2D eigenvalue weighted by atomic mass is 9.80. The third kappa shape index (κ3) is 7.07. The van der Waals surface area contributed by atoms with Gasteiger partial charge in [-0.25, -0.2) is 22.0 Å². The number of hydrogen-bond donors (Lipinski definition) is 0. The van der Waals surface area contributed by atoms with Crippen LogP contribution in [0.1, 0.15) is 63.9 Å². The number of fused-ring (bicyclic) bond motifs is 1. The maximum Gasteiger partial charge on any atom is 0.458 e. The molecule has 1 aliphatic rings. The van der Waals surface area contributed by atoms with E-state index in [2.05, 4.69) is 6.92 Å². The highest BCUT2D eigenvalue weighted by atomic mass is 19.4. The molecule has 3 aromatic carbocycles. The molecule has 9 heteroatoms. The van der Waals surface area contributed by atoms with E-state index in [-0.39, 0.29) is 17.2 Å². The van der Waals surface area contributed by atoms with E-state index in [1.165, 1.54) is 31.6 Å². The summed E-state index contributed by atoms with van der Waals surface area (Å²) in [6, 6.07) is 4.08. The van der Waals surface area contributed by atoms with E-state index in [1.54, 1.807) is 0 Å². The first kappa shape index (κ1) is 29.7. The van der Waals surface area contributed by atoms with Gasteiger partial charge in [0, 0.05) is 18.1 Å². The van der Waals surface area contributed by atoms with Crippen LogP contribution in [0.2, 0.25) is 0 Å². The number of rotatable bonds is 8. The van der Waals surface area contributed by atoms with Crippen LogP contribution in [0.15, 0.2) is 30.3 Å². The number of halogens is 8. The lowest BCUT2D eigenvalue weighted by Crippen LogP contribution is -2.20. The summed E-state index contributed by atoms with van der Waals surface area (Å²) in [5.74, 6) is -3.57. The number of hydrogen-bond acceptors (Lipinski definition) is 1. The molecule has 1 saturated carbocycles. The first-order chi connectivity index (χ1) is 19.0. The Morgan fingerprint density at radius 1 is 0.800 bits per heavy atom. The molecule has 1 fully saturated rings. The van der Waals surface area contributed by atoms with Gasteiger partial charge in [-0.05, 0) is 53.8 Å². The minimum absolute atomic E-state index is 0.0324. The second-order valence-corrected chi connectivity index (χ2v) is 10.3. The van der Waals surface area contributed by atoms with Crippen LogP contribution >= 0.6 is 0 Å². The van der Waals surface area contributed by atoms with Crippen LogP contribution in [0.3, 0.4) is 0 Å². The molecule has 0 aliphatic heterocycles. The molecule has 0 atom stereocenters. The van der Waals surface area contributed by atoms with Gasteiger partial charge in [-0.3, -0.25) is 0 Å². The van der Waals surface area contributed by atoms with E-state index >= 15 is 8.78 Å². The summed E-state index contributed by atoms with van der Waals surface area (Å²) in [4.78, 5) is 0. The largest absolute Gasteiger partial charge is 0.493 e. The fraction of sp³-hybridized carbons (Fsp3) is 0.419. The van der Waals surface area contributed by atoms with E-state index in [0.29, 0.717) is 24.7 Å². The van der Waals surface area contributed by atoms with Crippen molar-refractivity contribution in [1.29, 1.82) is 0 Å². The van der Waals surface area contributed by atoms with Crippen LogP contribution in [0.25, 0.3) is 21.9 Å². The van der Waals surface area contributed by atoms with E-state index in [1.807, 2.05) is 0 Å². The molecule has 3 aromatic rings. The van der Waals surface area contributed by atoms with Gasteiger partial charge in [0.15, 0.2) is 5.82 Å². The maximum absolute atomic E-state index is 15.0. The Morgan fingerprint density at radius 3 is 2.08 bits per heavy atom. The molecule has 0 spiro atoms. The highest BCUT2D eigenvalue weighted by Crippen LogP contribution is 2.36. The van der Waals surface area contributed by atoms with Crippen LogP contribution in [-0.2, 0) is 0 Å². The van der Waals surface area contributed by atoms with Gasteiger partial charge >= 0.3 is 6.18 Å². The second-order valence-electron chi connectivity index (χ2n) is 10.3. The predicted octanol–water partition coefficient (Wildman–Crippen LogP) is 9.88. The molecule has 4 rings (SSSR count). The van der Waals surface area contributed by atoms with Crippen LogP contribution in [-0.4, -0.2) is 12.8 Å². The third-order valence-electron chi connectivity index (χ3n) is 7.38. The van der Waals surface area contributed by atoms with Gasteiger partial charge in [0.1, 0.15) is 29.0 Å². The van der Waals surface area contributed by atoms with Crippen molar-refractivity contribution in [3.63, 3.8) is 0 Å². The van der Waals surface area contributed by atoms with Crippen molar-refractivity contribution >= 4 is 10.8 Å². The molecule has 1 nitrogen and oxygen atoms in total. The van der Waals surface area contributed by atoms with Crippen LogP contribution in [0, 0.1) is 52.8 Å². The Morgan fingerprint density at radius 2 is 1.45 bits per heavy atom. The van der Waals surface area contributed by atoms with Crippen LogP contribution in [0.5, 0.6) is 5.75 Å². The molecule has 214 valence electrons. The Labute approximate surface area is 227 Å². The highest BCUT2D eigenvalue weighted by molar-refractivity contribution is 5.90. The highest BCUT2D eigenvalue weighted by Gasteiger charge is 2.25. The molecule has 0 aromatic heterocycles.